The summed E-state index contributed by atoms with van der Waals surface area (Å²) in [5, 5.41) is 6.83. The molecule has 238 valence electrons. The van der Waals surface area contributed by atoms with Gasteiger partial charge in [-0.05, 0) is 0 Å². The summed E-state index contributed by atoms with van der Waals surface area (Å²) < 4.78 is 63.4. The minimum absolute atomic E-state index is 0.0685. The molecule has 0 aliphatic carbocycles. The molecule has 4 aromatic heterocycles. The second-order valence-corrected chi connectivity index (χ2v) is 12.6. The molecule has 3 N–H and O–H groups in total. The molecule has 0 spiro atoms. The summed E-state index contributed by atoms with van der Waals surface area (Å²) in [4.78, 5) is 42.7. The Morgan fingerprint density at radius 1 is 1.30 bits per heavy atom. The lowest BCUT2D eigenvalue weighted by molar-refractivity contribution is -0.0486. The summed E-state index contributed by atoms with van der Waals surface area (Å²) in [5.41, 5.74) is 5.34. The lowest BCUT2D eigenvalue weighted by atomic mass is 10.1. The molecule has 1 aliphatic heterocycles. The van der Waals surface area contributed by atoms with E-state index >= 15 is 4.39 Å². The molecular weight excluding hydrogens is 669 g/mol. The van der Waals surface area contributed by atoms with Gasteiger partial charge >= 0.3 is 12.1 Å². The number of nitrogens with one attached hydrogen (secondary N) is 1. The molecule has 6 atom stereocenters. The molecule has 1 saturated heterocycles. The zero-order valence-electron chi connectivity index (χ0n) is 22.5. The number of imidazole rings is 1. The molecule has 1 fully saturated rings. The third-order valence-corrected chi connectivity index (χ3v) is 8.08. The van der Waals surface area contributed by atoms with Gasteiger partial charge in [-0.3, -0.25) is 18.8 Å². The summed E-state index contributed by atoms with van der Waals surface area (Å²) in [7, 11) is 3.45. The van der Waals surface area contributed by atoms with Crippen LogP contribution in [0.2, 0.25) is 0 Å². The summed E-state index contributed by atoms with van der Waals surface area (Å²) in [6.07, 6.45) is -4.78. The number of thiol groups is 2. The number of aromatic amines is 1. The number of nitrogens with zero attached hydrogens (tertiary/aromatic N) is 8. The van der Waals surface area contributed by atoms with Crippen molar-refractivity contribution in [1.82, 2.24) is 44.5 Å². The first-order valence-corrected chi connectivity index (χ1v) is 16.1. The number of anilines is 1. The highest BCUT2D eigenvalue weighted by atomic mass is 32.7. The highest BCUT2D eigenvalue weighted by molar-refractivity contribution is 8.44. The van der Waals surface area contributed by atoms with Crippen LogP contribution < -0.4 is 11.3 Å². The van der Waals surface area contributed by atoms with Gasteiger partial charge in [-0.1, -0.05) is 30.1 Å². The molecule has 1 aliphatic rings. The van der Waals surface area contributed by atoms with E-state index in [9.17, 15) is 14.2 Å². The molecule has 0 bridgehead atoms. The lowest BCUT2D eigenvalue weighted by Crippen LogP contribution is -2.32. The lowest BCUT2D eigenvalue weighted by Gasteiger charge is -2.23. The molecule has 19 nitrogen and oxygen atoms in total. The van der Waals surface area contributed by atoms with E-state index in [4.69, 9.17) is 33.5 Å². The number of ether oxygens (including phenoxy) is 3. The van der Waals surface area contributed by atoms with Crippen LogP contribution in [0.4, 0.5) is 15.1 Å². The fraction of sp³-hybridized carbons (Fsp3) is 0.500. The standard InChI is InChI=1S/C20H25FN10O9P2S2/c1-35-6-10-23-4-8-15(25-10)30(2-3-36-20(33)43)11(24-8)7-38-42(34,44)40-14-12(21)9(5-37-41)39-18(14)31-16-13(28-29-31)17(32)27-19(22)26-16/h4,9,12,14,18H,2-3,5-7,41H2,1H3,(H,33,43)(H,34,44)(H3,22,26,27,32)/t9-,12-,14-,18-,42?/m1/s1. The predicted molar refractivity (Wildman–Crippen MR) is 157 cm³/mol. The van der Waals surface area contributed by atoms with Gasteiger partial charge in [0.25, 0.3) is 5.56 Å². The zero-order valence-corrected chi connectivity index (χ0v) is 26.4. The minimum atomic E-state index is -4.39. The predicted octanol–water partition coefficient (Wildman–Crippen LogP) is 1.13. The van der Waals surface area contributed by atoms with Crippen LogP contribution in [0.25, 0.3) is 22.3 Å². The molecule has 4 aromatic rings. The van der Waals surface area contributed by atoms with Crippen molar-refractivity contribution < 1.29 is 41.5 Å². The van der Waals surface area contributed by atoms with Gasteiger partial charge in [-0.25, -0.2) is 28.7 Å². The van der Waals surface area contributed by atoms with Crippen LogP contribution in [0, 0.1) is 0 Å². The van der Waals surface area contributed by atoms with Crippen LogP contribution >= 0.6 is 41.1 Å². The SMILES string of the molecule is COCc1ncc2nc(COP(=O)(S)O[C@@H]3[C@H](F)[C@@H](COP)O[C@H]3n3nnc4c(=O)[nH]c(N)nc43)n(CCOC(=O)S)c2n1. The molecule has 0 radical (unpaired) electrons. The number of rotatable bonds is 13. The van der Waals surface area contributed by atoms with Crippen LogP contribution in [0.15, 0.2) is 11.0 Å². The molecule has 24 heteroatoms. The number of nitrogens with two attached hydrogens (primary N) is 1. The van der Waals surface area contributed by atoms with Gasteiger partial charge < -0.3 is 29.0 Å². The van der Waals surface area contributed by atoms with Gasteiger partial charge in [0.15, 0.2) is 35.0 Å². The second kappa shape index (κ2) is 13.7. The Morgan fingerprint density at radius 3 is 2.82 bits per heavy atom. The van der Waals surface area contributed by atoms with Crippen molar-refractivity contribution in [3.63, 3.8) is 0 Å². The highest BCUT2D eigenvalue weighted by Crippen LogP contribution is 2.57. The van der Waals surface area contributed by atoms with E-state index in [-0.39, 0.29) is 49.3 Å². The Hall–Kier alpha value is -2.81. The molecule has 5 rings (SSSR count). The van der Waals surface area contributed by atoms with E-state index in [0.717, 1.165) is 4.68 Å². The fourth-order valence-corrected chi connectivity index (χ4v) is 6.00. The van der Waals surface area contributed by atoms with Gasteiger partial charge in [0.2, 0.25) is 5.95 Å². The van der Waals surface area contributed by atoms with Gasteiger partial charge in [-0.15, -0.1) is 5.10 Å². The van der Waals surface area contributed by atoms with Crippen LogP contribution in [-0.2, 0) is 52.1 Å². The summed E-state index contributed by atoms with van der Waals surface area (Å²) in [5.74, 6) is 0.285. The van der Waals surface area contributed by atoms with Crippen molar-refractivity contribution in [2.75, 3.05) is 26.1 Å². The number of aromatic nitrogens is 9. The molecule has 0 saturated carbocycles. The average molecular weight is 695 g/mol. The highest BCUT2D eigenvalue weighted by Gasteiger charge is 2.51. The van der Waals surface area contributed by atoms with Crippen molar-refractivity contribution in [1.29, 1.82) is 0 Å². The van der Waals surface area contributed by atoms with Crippen LogP contribution in [-0.4, -0.2) is 88.5 Å². The number of H-pyrrole nitrogens is 1. The minimum Gasteiger partial charge on any atom is -0.456 e. The number of hydrogen-bond donors (Lipinski definition) is 4. The van der Waals surface area contributed by atoms with E-state index in [1.54, 1.807) is 4.57 Å². The molecular formula is C20H25FN10O9P2S2. The topological polar surface area (TPSA) is 236 Å². The van der Waals surface area contributed by atoms with Crippen LogP contribution in [0.3, 0.4) is 0 Å². The Morgan fingerprint density at radius 2 is 2.09 bits per heavy atom. The fourth-order valence-electron chi connectivity index (χ4n) is 4.35. The van der Waals surface area contributed by atoms with Crippen molar-refractivity contribution in [2.24, 2.45) is 0 Å². The van der Waals surface area contributed by atoms with E-state index in [1.165, 1.54) is 13.3 Å². The van der Waals surface area contributed by atoms with Crippen LogP contribution in [0.1, 0.15) is 17.9 Å². The van der Waals surface area contributed by atoms with Crippen molar-refractivity contribution in [2.45, 2.75) is 44.4 Å². The number of hydrogen-bond acceptors (Lipinski definition) is 16. The van der Waals surface area contributed by atoms with E-state index in [1.807, 2.05) is 9.47 Å². The molecule has 0 aromatic carbocycles. The van der Waals surface area contributed by atoms with Gasteiger partial charge in [-0.2, -0.15) is 9.67 Å². The summed E-state index contributed by atoms with van der Waals surface area (Å²) in [6.45, 7) is -5.00. The summed E-state index contributed by atoms with van der Waals surface area (Å²) in [6, 6.07) is 0. The zero-order chi connectivity index (χ0) is 31.6. The van der Waals surface area contributed by atoms with E-state index in [2.05, 4.69) is 60.1 Å². The average Bonchev–Trinajstić information content (AvgIpc) is 3.62. The number of nitrogen functional groups attached to an aromatic ring is 1. The number of carbonyl (C=O) groups is 1. The first-order chi connectivity index (χ1) is 21.0. The summed E-state index contributed by atoms with van der Waals surface area (Å²) >= 11 is 7.64. The molecule has 5 heterocycles. The largest absolute Gasteiger partial charge is 0.456 e. The Labute approximate surface area is 259 Å². The molecule has 2 unspecified atom stereocenters. The van der Waals surface area contributed by atoms with Crippen LogP contribution in [0.5, 0.6) is 0 Å². The number of halogens is 1. The quantitative estimate of drug-likeness (QED) is 0.0872. The maximum absolute atomic E-state index is 15.6. The van der Waals surface area contributed by atoms with E-state index in [0.29, 0.717) is 17.0 Å². The Balaban J connectivity index is 1.40. The Bertz CT molecular complexity index is 1780. The number of alkyl halides is 1. The maximum Gasteiger partial charge on any atom is 0.387 e. The number of carbonyl (C=O) groups excluding carboxylic acids is 1. The number of fused-ring (bicyclic) bond motifs is 2. The normalized spacial score (nSPS) is 21.7. The Kier molecular flexibility index (Phi) is 10.1. The maximum atomic E-state index is 15.6. The number of methoxy groups -OCH3 is 1. The van der Waals surface area contributed by atoms with Gasteiger partial charge in [0, 0.05) is 16.6 Å². The third kappa shape index (κ3) is 7.03. The van der Waals surface area contributed by atoms with Crippen molar-refractivity contribution in [3.05, 3.63) is 28.2 Å². The first kappa shape index (κ1) is 32.6. The van der Waals surface area contributed by atoms with Gasteiger partial charge in [0.05, 0.1) is 19.3 Å². The van der Waals surface area contributed by atoms with Gasteiger partial charge in [0.1, 0.15) is 43.4 Å². The molecule has 44 heavy (non-hydrogen) atoms. The third-order valence-electron chi connectivity index (χ3n) is 6.16. The monoisotopic (exact) mass is 694 g/mol. The first-order valence-electron chi connectivity index (χ1n) is 12.4. The van der Waals surface area contributed by atoms with E-state index < -0.39 is 48.9 Å². The van der Waals surface area contributed by atoms with Crippen molar-refractivity contribution in [3.8, 4) is 0 Å². The van der Waals surface area contributed by atoms with Crippen molar-refractivity contribution >= 4 is 74.7 Å². The molecule has 0 amide bonds. The second-order valence-electron chi connectivity index (χ2n) is 9.03. The smallest absolute Gasteiger partial charge is 0.387 e.